The molecule has 0 aliphatic rings. The van der Waals surface area contributed by atoms with E-state index in [9.17, 15) is 21.6 Å². The number of hydrogen-bond acceptors (Lipinski definition) is 3. The molecule has 20 heavy (non-hydrogen) atoms. The summed E-state index contributed by atoms with van der Waals surface area (Å²) in [6.07, 6.45) is -4.63. The van der Waals surface area contributed by atoms with E-state index < -0.39 is 44.3 Å². The van der Waals surface area contributed by atoms with Gasteiger partial charge in [-0.25, -0.2) is 13.1 Å². The standard InChI is InChI=1S/C11H13ClF3NO3S/c1-2-7(6-17)16-20(18,19)10-8(11(13,14)15)4-3-5-9(10)12/h3-5,7,16-17H,2,6H2,1H3. The van der Waals surface area contributed by atoms with Crippen molar-refractivity contribution in [1.82, 2.24) is 4.72 Å². The van der Waals surface area contributed by atoms with Gasteiger partial charge in [-0.1, -0.05) is 24.6 Å². The maximum Gasteiger partial charge on any atom is 0.417 e. The van der Waals surface area contributed by atoms with Gasteiger partial charge in [-0.15, -0.1) is 0 Å². The Balaban J connectivity index is 3.38. The van der Waals surface area contributed by atoms with E-state index in [-0.39, 0.29) is 6.42 Å². The number of benzene rings is 1. The molecule has 0 amide bonds. The summed E-state index contributed by atoms with van der Waals surface area (Å²) in [5.74, 6) is 0. The van der Waals surface area contributed by atoms with Gasteiger partial charge in [0.25, 0.3) is 0 Å². The fourth-order valence-electron chi connectivity index (χ4n) is 1.53. The number of halogens is 4. The maximum atomic E-state index is 12.9. The molecule has 0 radical (unpaired) electrons. The molecule has 1 aromatic carbocycles. The van der Waals surface area contributed by atoms with Gasteiger partial charge in [0.2, 0.25) is 10.0 Å². The van der Waals surface area contributed by atoms with Crippen LogP contribution >= 0.6 is 11.6 Å². The van der Waals surface area contributed by atoms with Crippen LogP contribution in [0.4, 0.5) is 13.2 Å². The van der Waals surface area contributed by atoms with E-state index >= 15 is 0 Å². The van der Waals surface area contributed by atoms with Gasteiger partial charge >= 0.3 is 6.18 Å². The first kappa shape index (κ1) is 17.2. The number of aliphatic hydroxyl groups is 1. The van der Waals surface area contributed by atoms with Crippen molar-refractivity contribution in [3.8, 4) is 0 Å². The van der Waals surface area contributed by atoms with Gasteiger partial charge in [0.1, 0.15) is 4.90 Å². The number of rotatable bonds is 5. The largest absolute Gasteiger partial charge is 0.417 e. The first-order valence-electron chi connectivity index (χ1n) is 5.62. The number of sulfonamides is 1. The molecule has 1 atom stereocenters. The highest BCUT2D eigenvalue weighted by molar-refractivity contribution is 7.89. The molecule has 0 saturated carbocycles. The second kappa shape index (κ2) is 6.30. The molecule has 114 valence electrons. The molecule has 0 heterocycles. The average molecular weight is 332 g/mol. The highest BCUT2D eigenvalue weighted by Gasteiger charge is 2.38. The molecule has 0 bridgehead atoms. The second-order valence-corrected chi connectivity index (χ2v) is 6.08. The number of aliphatic hydroxyl groups excluding tert-OH is 1. The van der Waals surface area contributed by atoms with Crippen molar-refractivity contribution >= 4 is 21.6 Å². The molecule has 1 unspecified atom stereocenters. The van der Waals surface area contributed by atoms with Crippen LogP contribution in [0.25, 0.3) is 0 Å². The predicted octanol–water partition coefficient (Wildman–Crippen LogP) is 2.41. The van der Waals surface area contributed by atoms with Gasteiger partial charge in [0.05, 0.1) is 17.2 Å². The lowest BCUT2D eigenvalue weighted by Crippen LogP contribution is -2.37. The summed E-state index contributed by atoms with van der Waals surface area (Å²) in [4.78, 5) is -1.03. The van der Waals surface area contributed by atoms with Crippen LogP contribution in [-0.2, 0) is 16.2 Å². The number of hydrogen-bond donors (Lipinski definition) is 2. The topological polar surface area (TPSA) is 66.4 Å². The molecule has 0 saturated heterocycles. The summed E-state index contributed by atoms with van der Waals surface area (Å²) >= 11 is 5.61. The van der Waals surface area contributed by atoms with Crippen molar-refractivity contribution in [3.05, 3.63) is 28.8 Å². The van der Waals surface area contributed by atoms with E-state index in [1.54, 1.807) is 6.92 Å². The van der Waals surface area contributed by atoms with Crippen molar-refractivity contribution < 1.29 is 26.7 Å². The Bertz CT molecular complexity index is 571. The molecule has 4 nitrogen and oxygen atoms in total. The molecule has 0 aromatic heterocycles. The predicted molar refractivity (Wildman–Crippen MR) is 67.9 cm³/mol. The SMILES string of the molecule is CCC(CO)NS(=O)(=O)c1c(Cl)cccc1C(F)(F)F. The molecule has 1 rings (SSSR count). The van der Waals surface area contributed by atoms with Crippen LogP contribution in [0.15, 0.2) is 23.1 Å². The lowest BCUT2D eigenvalue weighted by atomic mass is 10.2. The first-order valence-corrected chi connectivity index (χ1v) is 7.48. The van der Waals surface area contributed by atoms with Crippen molar-refractivity contribution in [2.24, 2.45) is 0 Å². The minimum absolute atomic E-state index is 0.224. The van der Waals surface area contributed by atoms with Crippen molar-refractivity contribution in [2.45, 2.75) is 30.5 Å². The van der Waals surface area contributed by atoms with E-state index in [1.807, 2.05) is 4.72 Å². The third-order valence-corrected chi connectivity index (χ3v) is 4.62. The van der Waals surface area contributed by atoms with Crippen LogP contribution in [0.3, 0.4) is 0 Å². The molecule has 0 spiro atoms. The van der Waals surface area contributed by atoms with Crippen LogP contribution in [0, 0.1) is 0 Å². The quantitative estimate of drug-likeness (QED) is 0.870. The molecule has 2 N–H and O–H groups in total. The summed E-state index contributed by atoms with van der Waals surface area (Å²) in [6, 6.07) is 1.84. The van der Waals surface area contributed by atoms with E-state index in [4.69, 9.17) is 16.7 Å². The Morgan fingerprint density at radius 2 is 2.00 bits per heavy atom. The normalized spacial score (nSPS) is 14.3. The summed E-state index contributed by atoms with van der Waals surface area (Å²) in [7, 11) is -4.49. The van der Waals surface area contributed by atoms with Crippen molar-refractivity contribution in [2.75, 3.05) is 6.61 Å². The molecule has 0 fully saturated rings. The summed E-state index contributed by atoms with van der Waals surface area (Å²) in [6.45, 7) is 1.06. The molecule has 1 aromatic rings. The maximum absolute atomic E-state index is 12.9. The summed E-state index contributed by atoms with van der Waals surface area (Å²) in [5.41, 5.74) is -1.34. The van der Waals surface area contributed by atoms with Crippen molar-refractivity contribution in [3.63, 3.8) is 0 Å². The van der Waals surface area contributed by atoms with Crippen molar-refractivity contribution in [1.29, 1.82) is 0 Å². The molecular formula is C11H13ClF3NO3S. The zero-order chi connectivity index (χ0) is 15.6. The van der Waals surface area contributed by atoms with Crippen LogP contribution < -0.4 is 4.72 Å². The van der Waals surface area contributed by atoms with Gasteiger partial charge < -0.3 is 5.11 Å². The van der Waals surface area contributed by atoms with E-state index in [0.717, 1.165) is 12.1 Å². The Hall–Kier alpha value is -0.830. The molecule has 0 aliphatic heterocycles. The highest BCUT2D eigenvalue weighted by Crippen LogP contribution is 2.37. The van der Waals surface area contributed by atoms with E-state index in [1.165, 1.54) is 0 Å². The third-order valence-electron chi connectivity index (χ3n) is 2.58. The van der Waals surface area contributed by atoms with E-state index in [2.05, 4.69) is 0 Å². The monoisotopic (exact) mass is 331 g/mol. The molecule has 9 heteroatoms. The van der Waals surface area contributed by atoms with Gasteiger partial charge in [-0.2, -0.15) is 13.2 Å². The summed E-state index contributed by atoms with van der Waals surface area (Å²) < 4.78 is 64.7. The van der Waals surface area contributed by atoms with Gasteiger partial charge in [0.15, 0.2) is 0 Å². The lowest BCUT2D eigenvalue weighted by molar-refractivity contribution is -0.139. The van der Waals surface area contributed by atoms with Gasteiger partial charge in [-0.3, -0.25) is 0 Å². The highest BCUT2D eigenvalue weighted by atomic mass is 35.5. The fraction of sp³-hybridized carbons (Fsp3) is 0.455. The van der Waals surface area contributed by atoms with E-state index in [0.29, 0.717) is 6.07 Å². The van der Waals surface area contributed by atoms with Crippen LogP contribution in [-0.4, -0.2) is 26.2 Å². The Morgan fingerprint density at radius 3 is 2.45 bits per heavy atom. The minimum Gasteiger partial charge on any atom is -0.395 e. The first-order chi connectivity index (χ1) is 9.13. The lowest BCUT2D eigenvalue weighted by Gasteiger charge is -2.18. The second-order valence-electron chi connectivity index (χ2n) is 4.02. The number of alkyl halides is 3. The van der Waals surface area contributed by atoms with Crippen LogP contribution in [0.5, 0.6) is 0 Å². The summed E-state index contributed by atoms with van der Waals surface area (Å²) in [5, 5.41) is 8.42. The van der Waals surface area contributed by atoms with Crippen LogP contribution in [0.2, 0.25) is 5.02 Å². The van der Waals surface area contributed by atoms with Gasteiger partial charge in [0, 0.05) is 6.04 Å². The third kappa shape index (κ3) is 3.85. The zero-order valence-electron chi connectivity index (χ0n) is 10.4. The smallest absolute Gasteiger partial charge is 0.395 e. The Labute approximate surface area is 119 Å². The molecule has 0 aliphatic carbocycles. The number of nitrogens with one attached hydrogen (secondary N) is 1. The average Bonchev–Trinajstić information content (AvgIpc) is 2.34. The molecular weight excluding hydrogens is 319 g/mol. The Morgan fingerprint density at radius 1 is 1.40 bits per heavy atom. The Kier molecular flexibility index (Phi) is 5.42. The fourth-order valence-corrected chi connectivity index (χ4v) is 3.61. The van der Waals surface area contributed by atoms with Gasteiger partial charge in [-0.05, 0) is 18.6 Å². The van der Waals surface area contributed by atoms with Crippen LogP contribution in [0.1, 0.15) is 18.9 Å². The minimum atomic E-state index is -4.85. The zero-order valence-corrected chi connectivity index (χ0v) is 12.0.